The van der Waals surface area contributed by atoms with Gasteiger partial charge in [-0.05, 0) is 20.8 Å². The molecule has 1 aromatic heterocycles. The summed E-state index contributed by atoms with van der Waals surface area (Å²) in [6.07, 6.45) is -2.42. The Kier molecular flexibility index (Phi) is 7.92. The first-order valence-electron chi connectivity index (χ1n) is 8.95. The van der Waals surface area contributed by atoms with E-state index in [1.165, 1.54) is 19.2 Å². The number of carboxylic acids is 1. The number of carbonyl (C=O) groups excluding carboxylic acids is 3. The molecule has 2 heterocycles. The number of carboxylic acid groups (broad SMARTS) is 1. The first kappa shape index (κ1) is 25.2. The number of rotatable bonds is 12. The minimum atomic E-state index is -3.31. The van der Waals surface area contributed by atoms with E-state index in [4.69, 9.17) is 15.7 Å². The van der Waals surface area contributed by atoms with E-state index in [0.717, 1.165) is 18.3 Å². The molecule has 15 heteroatoms. The number of hydrogen-bond acceptors (Lipinski definition) is 11. The number of nitrogens with zero attached hydrogens (tertiary/aromatic N) is 3. The van der Waals surface area contributed by atoms with E-state index in [1.54, 1.807) is 0 Å². The van der Waals surface area contributed by atoms with Crippen molar-refractivity contribution < 1.29 is 47.5 Å². The number of aromatic nitrogens is 1. The van der Waals surface area contributed by atoms with E-state index < -0.39 is 60.8 Å². The van der Waals surface area contributed by atoms with Crippen LogP contribution in [0.4, 0.5) is 13.9 Å². The minimum Gasteiger partial charge on any atom is -0.479 e. The number of nitrogens with two attached hydrogens (primary N) is 1. The van der Waals surface area contributed by atoms with Crippen LogP contribution in [0.5, 0.6) is 0 Å². The van der Waals surface area contributed by atoms with Crippen molar-refractivity contribution in [3.05, 3.63) is 11.1 Å². The summed E-state index contributed by atoms with van der Waals surface area (Å²) >= 11 is 1.00. The molecule has 0 bridgehead atoms. The maximum absolute atomic E-state index is 12.8. The molecular formula is C17H20F2N4O8S. The summed E-state index contributed by atoms with van der Waals surface area (Å²) in [5, 5.41) is 14.4. The van der Waals surface area contributed by atoms with E-state index in [1.807, 2.05) is 0 Å². The van der Waals surface area contributed by atoms with Crippen LogP contribution in [-0.4, -0.2) is 69.4 Å². The predicted octanol–water partition coefficient (Wildman–Crippen LogP) is 0.813. The van der Waals surface area contributed by atoms with Crippen LogP contribution in [0.15, 0.2) is 10.5 Å². The zero-order valence-electron chi connectivity index (χ0n) is 17.1. The molecule has 1 aromatic rings. The Morgan fingerprint density at radius 2 is 2.06 bits per heavy atom. The number of hydrogen-bond donors (Lipinski definition) is 2. The number of alkyl halides is 2. The number of hydroxylamine groups is 2. The average molecular weight is 478 g/mol. The van der Waals surface area contributed by atoms with Crippen molar-refractivity contribution >= 4 is 45.6 Å². The quantitative estimate of drug-likeness (QED) is 0.190. The molecule has 0 saturated carbocycles. The van der Waals surface area contributed by atoms with Crippen molar-refractivity contribution in [2.45, 2.75) is 45.6 Å². The zero-order chi connectivity index (χ0) is 24.2. The minimum absolute atomic E-state index is 0.0301. The molecule has 0 spiro atoms. The Bertz CT molecular complexity index is 935. The molecular weight excluding hydrogens is 458 g/mol. The number of halogens is 2. The fourth-order valence-corrected chi connectivity index (χ4v) is 3.33. The molecule has 32 heavy (non-hydrogen) atoms. The van der Waals surface area contributed by atoms with Gasteiger partial charge in [0.15, 0.2) is 22.4 Å². The van der Waals surface area contributed by atoms with Crippen LogP contribution in [0, 0.1) is 5.92 Å². The Balaban J connectivity index is 2.15. The van der Waals surface area contributed by atoms with Crippen molar-refractivity contribution in [2.24, 2.45) is 11.1 Å². The highest BCUT2D eigenvalue weighted by molar-refractivity contribution is 7.13. The van der Waals surface area contributed by atoms with Crippen LogP contribution in [0.3, 0.4) is 0 Å². The van der Waals surface area contributed by atoms with Gasteiger partial charge in [-0.2, -0.15) is 8.78 Å². The lowest BCUT2D eigenvalue weighted by Crippen LogP contribution is -2.69. The smallest absolute Gasteiger partial charge is 0.347 e. The number of anilines is 1. The van der Waals surface area contributed by atoms with Crippen molar-refractivity contribution in [3.8, 4) is 0 Å². The van der Waals surface area contributed by atoms with Gasteiger partial charge in [0.05, 0.1) is 11.5 Å². The van der Waals surface area contributed by atoms with E-state index in [2.05, 4.69) is 19.7 Å². The Hall–Kier alpha value is -3.04. The van der Waals surface area contributed by atoms with Crippen molar-refractivity contribution in [2.75, 3.05) is 12.3 Å². The third-order valence-electron chi connectivity index (χ3n) is 4.40. The van der Waals surface area contributed by atoms with Gasteiger partial charge in [0, 0.05) is 11.8 Å². The average Bonchev–Trinajstić information content (AvgIpc) is 3.11. The molecule has 1 fully saturated rings. The normalized spacial score (nSPS) is 18.9. The number of thiazole rings is 1. The van der Waals surface area contributed by atoms with Crippen LogP contribution in [-0.2, 0) is 33.6 Å². The molecule has 3 N–H and O–H groups in total. The summed E-state index contributed by atoms with van der Waals surface area (Å²) in [7, 11) is 0. The summed E-state index contributed by atoms with van der Waals surface area (Å²) in [5.74, 6) is -4.66. The van der Waals surface area contributed by atoms with Crippen LogP contribution in [0.2, 0.25) is 0 Å². The van der Waals surface area contributed by atoms with Gasteiger partial charge < -0.3 is 15.7 Å². The maximum Gasteiger partial charge on any atom is 0.347 e. The van der Waals surface area contributed by atoms with E-state index in [0.29, 0.717) is 5.06 Å². The first-order chi connectivity index (χ1) is 14.8. The second-order valence-corrected chi connectivity index (χ2v) is 7.98. The number of aliphatic carboxylic acids is 1. The second kappa shape index (κ2) is 10.1. The van der Waals surface area contributed by atoms with Gasteiger partial charge in [-0.1, -0.05) is 5.16 Å². The molecule has 1 aliphatic rings. The standard InChI is InChI=1S/C17H20F2N4O8S/c1-7(24)14(30-15(18)19)31-23-13(28)8(17(23,2)3)4-10(25)12(22-29-5-11(26)27)9-6-32-16(20)21-9/h6,8,14-15H,4-5H2,1-3H3,(H2,20,21)(H,26,27)/b22-12-/t8-,14?/m1/s1. The lowest BCUT2D eigenvalue weighted by atomic mass is 9.74. The van der Waals surface area contributed by atoms with Gasteiger partial charge in [0.1, 0.15) is 5.69 Å². The highest BCUT2D eigenvalue weighted by Gasteiger charge is 2.57. The third-order valence-corrected chi connectivity index (χ3v) is 5.07. The molecule has 2 atom stereocenters. The lowest BCUT2D eigenvalue weighted by molar-refractivity contribution is -0.344. The molecule has 1 saturated heterocycles. The summed E-state index contributed by atoms with van der Waals surface area (Å²) in [6, 6.07) is 0. The monoisotopic (exact) mass is 478 g/mol. The number of oxime groups is 1. The molecule has 1 amide bonds. The Morgan fingerprint density at radius 3 is 2.53 bits per heavy atom. The summed E-state index contributed by atoms with van der Waals surface area (Å²) < 4.78 is 29.0. The number of ketones is 2. The fraction of sp³-hybridized carbons (Fsp3) is 0.529. The number of Topliss-reactive ketones (excluding diaryl/α,β-unsaturated/α-hetero) is 2. The molecule has 0 radical (unpaired) electrons. The van der Waals surface area contributed by atoms with Gasteiger partial charge >= 0.3 is 12.6 Å². The second-order valence-electron chi connectivity index (χ2n) is 7.09. The lowest BCUT2D eigenvalue weighted by Gasteiger charge is -2.52. The van der Waals surface area contributed by atoms with Gasteiger partial charge in [-0.15, -0.1) is 11.3 Å². The van der Waals surface area contributed by atoms with Gasteiger partial charge in [0.25, 0.3) is 5.91 Å². The van der Waals surface area contributed by atoms with Crippen molar-refractivity contribution in [1.82, 2.24) is 10.0 Å². The number of nitrogen functional groups attached to an aromatic ring is 1. The SMILES string of the molecule is CC(=O)C(OC(F)F)ON1C(=O)[C@@H](CC(=O)/C(=N\OCC(=O)O)c2csc(N)n2)C1(C)C. The molecule has 0 aliphatic carbocycles. The third kappa shape index (κ3) is 5.80. The van der Waals surface area contributed by atoms with Gasteiger partial charge in [-0.25, -0.2) is 19.7 Å². The van der Waals surface area contributed by atoms with Crippen molar-refractivity contribution in [3.63, 3.8) is 0 Å². The molecule has 1 aliphatic heterocycles. The number of ether oxygens (including phenoxy) is 1. The molecule has 0 aromatic carbocycles. The highest BCUT2D eigenvalue weighted by Crippen LogP contribution is 2.41. The van der Waals surface area contributed by atoms with Crippen LogP contribution in [0.25, 0.3) is 0 Å². The molecule has 12 nitrogen and oxygen atoms in total. The number of carbonyl (C=O) groups is 4. The fourth-order valence-electron chi connectivity index (χ4n) is 2.78. The summed E-state index contributed by atoms with van der Waals surface area (Å²) in [4.78, 5) is 61.0. The maximum atomic E-state index is 12.8. The summed E-state index contributed by atoms with van der Waals surface area (Å²) in [5.41, 5.74) is 4.06. The first-order valence-corrected chi connectivity index (χ1v) is 9.83. The van der Waals surface area contributed by atoms with Gasteiger partial charge in [0.2, 0.25) is 12.9 Å². The van der Waals surface area contributed by atoms with Crippen LogP contribution < -0.4 is 5.73 Å². The van der Waals surface area contributed by atoms with Crippen LogP contribution >= 0.6 is 11.3 Å². The van der Waals surface area contributed by atoms with E-state index in [9.17, 15) is 28.0 Å². The number of amides is 1. The van der Waals surface area contributed by atoms with Crippen molar-refractivity contribution in [1.29, 1.82) is 0 Å². The van der Waals surface area contributed by atoms with E-state index in [-0.39, 0.29) is 16.5 Å². The topological polar surface area (TPSA) is 171 Å². The van der Waals surface area contributed by atoms with E-state index >= 15 is 0 Å². The molecule has 2 rings (SSSR count). The largest absolute Gasteiger partial charge is 0.479 e. The molecule has 1 unspecified atom stereocenters. The number of β-lactam (4-membered cyclic amide) rings is 1. The highest BCUT2D eigenvalue weighted by atomic mass is 32.1. The Morgan fingerprint density at radius 1 is 1.41 bits per heavy atom. The summed E-state index contributed by atoms with van der Waals surface area (Å²) in [6.45, 7) is -0.196. The molecule has 176 valence electrons. The van der Waals surface area contributed by atoms with Crippen LogP contribution in [0.1, 0.15) is 32.9 Å². The Labute approximate surface area is 183 Å². The zero-order valence-corrected chi connectivity index (χ0v) is 17.9. The predicted molar refractivity (Wildman–Crippen MR) is 103 cm³/mol. The van der Waals surface area contributed by atoms with Gasteiger partial charge in [-0.3, -0.25) is 19.1 Å².